The van der Waals surface area contributed by atoms with Crippen LogP contribution in [0.4, 0.5) is 4.39 Å². The highest BCUT2D eigenvalue weighted by Crippen LogP contribution is 2.34. The lowest BCUT2D eigenvalue weighted by Gasteiger charge is -2.26. The lowest BCUT2D eigenvalue weighted by Crippen LogP contribution is -2.36. The molecule has 6 nitrogen and oxygen atoms in total. The summed E-state index contributed by atoms with van der Waals surface area (Å²) >= 11 is 0. The molecule has 0 atom stereocenters. The van der Waals surface area contributed by atoms with E-state index in [0.29, 0.717) is 0 Å². The zero-order chi connectivity index (χ0) is 25.8. The molecule has 0 aliphatic heterocycles. The van der Waals surface area contributed by atoms with Crippen molar-refractivity contribution in [2.75, 3.05) is 0 Å². The molecule has 4 rings (SSSR count). The Kier molecular flexibility index (Phi) is 7.14. The molecule has 0 unspecified atom stereocenters. The Balaban J connectivity index is 2.01. The fraction of sp³-hybridized carbons (Fsp3) is 0. The molecule has 0 saturated carbocycles. The molecule has 0 fully saturated rings. The Morgan fingerprint density at radius 3 is 1.44 bits per heavy atom. The van der Waals surface area contributed by atoms with Crippen molar-refractivity contribution < 1.29 is 26.0 Å². The van der Waals surface area contributed by atoms with Crippen LogP contribution in [-0.2, 0) is 20.0 Å². The van der Waals surface area contributed by atoms with Gasteiger partial charge in [-0.05, 0) is 48.5 Å². The predicted octanol–water partition coefficient (Wildman–Crippen LogP) is 5.13. The number of allylic oxidation sites excluding steroid dienone is 1. The van der Waals surface area contributed by atoms with Gasteiger partial charge < -0.3 is 0 Å². The van der Waals surface area contributed by atoms with E-state index in [9.17, 15) is 26.0 Å². The molecule has 0 spiro atoms. The summed E-state index contributed by atoms with van der Waals surface area (Å²) in [4.78, 5) is 12.6. The summed E-state index contributed by atoms with van der Waals surface area (Å²) in [6, 6.07) is 26.6. The quantitative estimate of drug-likeness (QED) is 0.237. The van der Waals surface area contributed by atoms with Crippen LogP contribution in [0.1, 0.15) is 15.9 Å². The molecule has 182 valence electrons. The Hall–Kier alpha value is -4.08. The number of sulfonamides is 2. The smallest absolute Gasteiger partial charge is 0.277 e. The lowest BCUT2D eigenvalue weighted by molar-refractivity contribution is 0.104. The van der Waals surface area contributed by atoms with Gasteiger partial charge in [-0.15, -0.1) is 0 Å². The highest BCUT2D eigenvalue weighted by Gasteiger charge is 2.39. The molecule has 0 radical (unpaired) electrons. The normalized spacial score (nSPS) is 12.2. The summed E-state index contributed by atoms with van der Waals surface area (Å²) < 4.78 is 69.2. The second-order valence-electron chi connectivity index (χ2n) is 7.60. The largest absolute Gasteiger partial charge is 0.289 e. The molecule has 0 amide bonds. The third-order valence-corrected chi connectivity index (χ3v) is 9.36. The van der Waals surface area contributed by atoms with Crippen molar-refractivity contribution in [3.63, 3.8) is 0 Å². The number of nitrogens with zero attached hydrogens (tertiary/aromatic N) is 1. The van der Waals surface area contributed by atoms with E-state index in [-0.39, 0.29) is 30.3 Å². The highest BCUT2D eigenvalue weighted by atomic mass is 32.3. The predicted molar refractivity (Wildman–Crippen MR) is 134 cm³/mol. The zero-order valence-electron chi connectivity index (χ0n) is 18.7. The molecule has 0 aliphatic rings. The maximum atomic E-state index is 13.9. The van der Waals surface area contributed by atoms with E-state index in [0.717, 1.165) is 18.2 Å². The maximum Gasteiger partial charge on any atom is 0.277 e. The van der Waals surface area contributed by atoms with Crippen molar-refractivity contribution in [2.45, 2.75) is 9.79 Å². The second kappa shape index (κ2) is 10.3. The first-order valence-corrected chi connectivity index (χ1v) is 13.6. The van der Waals surface area contributed by atoms with Crippen LogP contribution in [0.25, 0.3) is 5.70 Å². The van der Waals surface area contributed by atoms with Gasteiger partial charge in [-0.3, -0.25) is 4.79 Å². The minimum Gasteiger partial charge on any atom is -0.289 e. The average Bonchev–Trinajstić information content (AvgIpc) is 2.90. The van der Waals surface area contributed by atoms with Gasteiger partial charge in [-0.25, -0.2) is 21.2 Å². The first-order chi connectivity index (χ1) is 17.2. The number of rotatable bonds is 8. The molecular formula is C27H20FNO5S2. The number of benzene rings is 4. The first-order valence-electron chi connectivity index (χ1n) is 10.7. The Morgan fingerprint density at radius 1 is 0.583 bits per heavy atom. The zero-order valence-corrected chi connectivity index (χ0v) is 20.4. The lowest BCUT2D eigenvalue weighted by atomic mass is 10.1. The van der Waals surface area contributed by atoms with E-state index < -0.39 is 31.6 Å². The second-order valence-corrected chi connectivity index (χ2v) is 11.4. The van der Waals surface area contributed by atoms with Gasteiger partial charge in [0, 0.05) is 17.2 Å². The van der Waals surface area contributed by atoms with E-state index in [2.05, 4.69) is 0 Å². The van der Waals surface area contributed by atoms with Crippen molar-refractivity contribution in [3.8, 4) is 0 Å². The molecule has 0 aliphatic carbocycles. The van der Waals surface area contributed by atoms with E-state index in [1.54, 1.807) is 30.3 Å². The summed E-state index contributed by atoms with van der Waals surface area (Å²) in [5.74, 6) is -1.26. The van der Waals surface area contributed by atoms with E-state index in [1.807, 2.05) is 0 Å². The van der Waals surface area contributed by atoms with Crippen LogP contribution in [0, 0.1) is 5.82 Å². The number of halogens is 1. The summed E-state index contributed by atoms with van der Waals surface area (Å²) in [6.07, 6.45) is 0.934. The third-order valence-electron chi connectivity index (χ3n) is 5.18. The summed E-state index contributed by atoms with van der Waals surface area (Å²) in [5, 5.41) is 0. The number of carbonyl (C=O) groups excluding carboxylic acids is 1. The van der Waals surface area contributed by atoms with Crippen LogP contribution in [0.2, 0.25) is 0 Å². The molecule has 0 aromatic heterocycles. The van der Waals surface area contributed by atoms with Crippen LogP contribution >= 0.6 is 0 Å². The van der Waals surface area contributed by atoms with Gasteiger partial charge in [-0.1, -0.05) is 66.7 Å². The van der Waals surface area contributed by atoms with E-state index in [4.69, 9.17) is 0 Å². The number of hydrogen-bond acceptors (Lipinski definition) is 5. The monoisotopic (exact) mass is 521 g/mol. The summed E-state index contributed by atoms with van der Waals surface area (Å²) in [5.41, 5.74) is -0.149. The van der Waals surface area contributed by atoms with Crippen molar-refractivity contribution in [1.82, 2.24) is 3.71 Å². The van der Waals surface area contributed by atoms with Crippen molar-refractivity contribution in [2.24, 2.45) is 0 Å². The van der Waals surface area contributed by atoms with Crippen LogP contribution in [-0.4, -0.2) is 26.3 Å². The Morgan fingerprint density at radius 2 is 1.00 bits per heavy atom. The van der Waals surface area contributed by atoms with Crippen LogP contribution in [0.5, 0.6) is 0 Å². The molecule has 0 bridgehead atoms. The Labute approximate surface area is 209 Å². The molecule has 4 aromatic rings. The van der Waals surface area contributed by atoms with Gasteiger partial charge in [0.25, 0.3) is 20.0 Å². The molecular weight excluding hydrogens is 501 g/mol. The number of carbonyl (C=O) groups is 1. The van der Waals surface area contributed by atoms with Crippen molar-refractivity contribution >= 4 is 31.5 Å². The molecule has 9 heteroatoms. The van der Waals surface area contributed by atoms with Gasteiger partial charge >= 0.3 is 0 Å². The molecule has 36 heavy (non-hydrogen) atoms. The molecule has 4 aromatic carbocycles. The Bertz CT molecular complexity index is 1530. The topological polar surface area (TPSA) is 88.6 Å². The van der Waals surface area contributed by atoms with E-state index in [1.165, 1.54) is 72.8 Å². The fourth-order valence-electron chi connectivity index (χ4n) is 3.44. The minimum absolute atomic E-state index is 0.0546. The SMILES string of the molecule is O=C(/C=C(\c1ccccc1)N(S(=O)(=O)c1ccccc1)S(=O)(=O)c1ccccc1)c1ccc(F)cc1. The number of hydrogen-bond donors (Lipinski definition) is 0. The molecule has 0 N–H and O–H groups in total. The van der Waals surface area contributed by atoms with Crippen LogP contribution < -0.4 is 0 Å². The van der Waals surface area contributed by atoms with Gasteiger partial charge in [0.15, 0.2) is 5.78 Å². The van der Waals surface area contributed by atoms with Gasteiger partial charge in [-0.2, -0.15) is 3.71 Å². The van der Waals surface area contributed by atoms with Gasteiger partial charge in [0.1, 0.15) is 5.82 Å². The molecule has 0 saturated heterocycles. The molecule has 0 heterocycles. The van der Waals surface area contributed by atoms with Crippen LogP contribution in [0.3, 0.4) is 0 Å². The average molecular weight is 522 g/mol. The summed E-state index contributed by atoms with van der Waals surface area (Å²) in [6.45, 7) is 0. The van der Waals surface area contributed by atoms with Gasteiger partial charge in [0.2, 0.25) is 0 Å². The van der Waals surface area contributed by atoms with Crippen molar-refractivity contribution in [3.05, 3.63) is 138 Å². The minimum atomic E-state index is -4.72. The number of ketones is 1. The third kappa shape index (κ3) is 5.12. The maximum absolute atomic E-state index is 13.9. The fourth-order valence-corrected chi connectivity index (χ4v) is 7.21. The summed E-state index contributed by atoms with van der Waals surface area (Å²) in [7, 11) is -9.45. The van der Waals surface area contributed by atoms with Gasteiger partial charge in [0.05, 0.1) is 15.5 Å². The van der Waals surface area contributed by atoms with E-state index >= 15 is 0 Å². The standard InChI is InChI=1S/C27H20FNO5S2/c28-23-18-16-22(17-19-23)27(30)20-26(21-10-4-1-5-11-21)29(35(31,32)24-12-6-2-7-13-24)36(33,34)25-14-8-3-9-15-25/h1-20H/b26-20+. The highest BCUT2D eigenvalue weighted by molar-refractivity contribution is 8.04. The van der Waals surface area contributed by atoms with Crippen molar-refractivity contribution in [1.29, 1.82) is 0 Å². The van der Waals surface area contributed by atoms with Crippen LogP contribution in [0.15, 0.2) is 131 Å². The first kappa shape index (κ1) is 25.0.